The summed E-state index contributed by atoms with van der Waals surface area (Å²) in [6, 6.07) is 1.00. The highest BCUT2D eigenvalue weighted by molar-refractivity contribution is 7.07. The van der Waals surface area contributed by atoms with E-state index in [-0.39, 0.29) is 22.1 Å². The van der Waals surface area contributed by atoms with Crippen molar-refractivity contribution in [2.75, 3.05) is 0 Å². The maximum Gasteiger partial charge on any atom is 0.304 e. The van der Waals surface area contributed by atoms with Gasteiger partial charge < -0.3 is 10.3 Å². The van der Waals surface area contributed by atoms with Gasteiger partial charge in [0.25, 0.3) is 5.91 Å². The number of hydrogen-bond donors (Lipinski definition) is 2. The molecule has 0 radical (unpaired) electrons. The summed E-state index contributed by atoms with van der Waals surface area (Å²) in [5.41, 5.74) is 0.521. The second kappa shape index (κ2) is 5.28. The molecular weight excluding hydrogens is 281 g/mol. The predicted octanol–water partition coefficient (Wildman–Crippen LogP) is 1.55. The number of halogens is 2. The molecule has 18 heavy (non-hydrogen) atoms. The Hall–Kier alpha value is -1.73. The molecule has 8 heteroatoms. The molecule has 0 bridgehead atoms. The predicted molar refractivity (Wildman–Crippen MR) is 65.3 cm³/mol. The smallest absolute Gasteiger partial charge is 0.304 e. The Morgan fingerprint density at radius 3 is 3.06 bits per heavy atom. The number of pyridine rings is 1. The van der Waals surface area contributed by atoms with Gasteiger partial charge in [0.15, 0.2) is 0 Å². The standard InChI is InChI=1S/C10H7ClFN3O2S/c11-8-7(1-5(12)2-13-8)9(16)14-3-6-4-18-10(17)15-6/h1-2,4H,3H2,(H,14,16)(H,15,17). The third kappa shape index (κ3) is 2.93. The Kier molecular flexibility index (Phi) is 3.73. The van der Waals surface area contributed by atoms with E-state index in [0.29, 0.717) is 5.69 Å². The fourth-order valence-electron chi connectivity index (χ4n) is 1.25. The summed E-state index contributed by atoms with van der Waals surface area (Å²) in [6.45, 7) is 0.129. The number of aromatic nitrogens is 2. The van der Waals surface area contributed by atoms with E-state index in [1.54, 1.807) is 5.38 Å². The zero-order valence-electron chi connectivity index (χ0n) is 8.87. The number of H-pyrrole nitrogens is 1. The number of rotatable bonds is 3. The number of amides is 1. The summed E-state index contributed by atoms with van der Waals surface area (Å²) in [6.07, 6.45) is 0.926. The van der Waals surface area contributed by atoms with Gasteiger partial charge in [-0.25, -0.2) is 9.37 Å². The van der Waals surface area contributed by atoms with Gasteiger partial charge in [-0.2, -0.15) is 0 Å². The lowest BCUT2D eigenvalue weighted by Gasteiger charge is -2.04. The van der Waals surface area contributed by atoms with Gasteiger partial charge in [-0.05, 0) is 6.07 Å². The number of thiazole rings is 1. The van der Waals surface area contributed by atoms with Gasteiger partial charge in [0.2, 0.25) is 0 Å². The van der Waals surface area contributed by atoms with Crippen LogP contribution in [-0.2, 0) is 6.54 Å². The molecule has 2 rings (SSSR count). The minimum Gasteiger partial charge on any atom is -0.346 e. The average molecular weight is 288 g/mol. The zero-order chi connectivity index (χ0) is 13.1. The molecule has 2 aromatic heterocycles. The van der Waals surface area contributed by atoms with Gasteiger partial charge in [-0.1, -0.05) is 22.9 Å². The Morgan fingerprint density at radius 2 is 2.39 bits per heavy atom. The summed E-state index contributed by atoms with van der Waals surface area (Å²) < 4.78 is 12.9. The fourth-order valence-corrected chi connectivity index (χ4v) is 2.02. The Balaban J connectivity index is 2.08. The molecule has 0 aromatic carbocycles. The van der Waals surface area contributed by atoms with E-state index in [2.05, 4.69) is 15.3 Å². The van der Waals surface area contributed by atoms with E-state index in [1.807, 2.05) is 0 Å². The molecular formula is C10H7ClFN3O2S. The van der Waals surface area contributed by atoms with E-state index >= 15 is 0 Å². The zero-order valence-corrected chi connectivity index (χ0v) is 10.4. The van der Waals surface area contributed by atoms with E-state index < -0.39 is 11.7 Å². The second-order valence-corrected chi connectivity index (χ2v) is 4.55. The van der Waals surface area contributed by atoms with Crippen LogP contribution in [0.15, 0.2) is 22.4 Å². The average Bonchev–Trinajstić information content (AvgIpc) is 2.75. The highest BCUT2D eigenvalue weighted by Crippen LogP contribution is 2.13. The minimum absolute atomic E-state index is 0.0470. The van der Waals surface area contributed by atoms with Crippen molar-refractivity contribution < 1.29 is 9.18 Å². The number of nitrogens with zero attached hydrogens (tertiary/aromatic N) is 1. The molecule has 0 aliphatic heterocycles. The lowest BCUT2D eigenvalue weighted by molar-refractivity contribution is 0.0950. The van der Waals surface area contributed by atoms with Crippen LogP contribution < -0.4 is 10.2 Å². The topological polar surface area (TPSA) is 74.8 Å². The summed E-state index contributed by atoms with van der Waals surface area (Å²) >= 11 is 6.68. The Labute approximate surface area is 110 Å². The normalized spacial score (nSPS) is 10.3. The number of carbonyl (C=O) groups is 1. The lowest BCUT2D eigenvalue weighted by Crippen LogP contribution is -2.24. The summed E-state index contributed by atoms with van der Waals surface area (Å²) in [4.78, 5) is 28.4. The van der Waals surface area contributed by atoms with Gasteiger partial charge in [-0.3, -0.25) is 9.59 Å². The molecule has 0 saturated heterocycles. The van der Waals surface area contributed by atoms with Crippen molar-refractivity contribution >= 4 is 28.8 Å². The number of hydrogen-bond acceptors (Lipinski definition) is 4. The highest BCUT2D eigenvalue weighted by Gasteiger charge is 2.12. The Morgan fingerprint density at radius 1 is 1.61 bits per heavy atom. The molecule has 2 N–H and O–H groups in total. The van der Waals surface area contributed by atoms with Crippen molar-refractivity contribution in [1.82, 2.24) is 15.3 Å². The van der Waals surface area contributed by atoms with E-state index in [1.165, 1.54) is 0 Å². The molecule has 1 amide bonds. The van der Waals surface area contributed by atoms with Crippen LogP contribution in [0.4, 0.5) is 4.39 Å². The van der Waals surface area contributed by atoms with Crippen molar-refractivity contribution in [3.05, 3.63) is 49.5 Å². The van der Waals surface area contributed by atoms with Gasteiger partial charge >= 0.3 is 4.87 Å². The van der Waals surface area contributed by atoms with Crippen molar-refractivity contribution in [3.63, 3.8) is 0 Å². The maximum absolute atomic E-state index is 12.9. The van der Waals surface area contributed by atoms with Crippen molar-refractivity contribution in [2.45, 2.75) is 6.54 Å². The fraction of sp³-hybridized carbons (Fsp3) is 0.100. The Bertz CT molecular complexity index is 640. The first-order valence-electron chi connectivity index (χ1n) is 4.82. The molecule has 0 fully saturated rings. The molecule has 0 saturated carbocycles. The first kappa shape index (κ1) is 12.7. The van der Waals surface area contributed by atoms with Crippen LogP contribution >= 0.6 is 22.9 Å². The summed E-state index contributed by atoms with van der Waals surface area (Å²) in [5.74, 6) is -1.20. The molecule has 94 valence electrons. The SMILES string of the molecule is O=C(NCc1csc(=O)[nH]1)c1cc(F)cnc1Cl. The monoisotopic (exact) mass is 287 g/mol. The maximum atomic E-state index is 12.9. The van der Waals surface area contributed by atoms with Crippen LogP contribution in [0.25, 0.3) is 0 Å². The number of aromatic amines is 1. The van der Waals surface area contributed by atoms with Gasteiger partial charge in [-0.15, -0.1) is 0 Å². The van der Waals surface area contributed by atoms with Crippen LogP contribution in [0.2, 0.25) is 5.15 Å². The highest BCUT2D eigenvalue weighted by atomic mass is 35.5. The van der Waals surface area contributed by atoms with Crippen LogP contribution in [-0.4, -0.2) is 15.9 Å². The van der Waals surface area contributed by atoms with Gasteiger partial charge in [0.05, 0.1) is 18.3 Å². The van der Waals surface area contributed by atoms with E-state index in [9.17, 15) is 14.0 Å². The van der Waals surface area contributed by atoms with Crippen LogP contribution in [0.3, 0.4) is 0 Å². The minimum atomic E-state index is -0.645. The van der Waals surface area contributed by atoms with Crippen LogP contribution in [0.1, 0.15) is 16.1 Å². The molecule has 0 atom stereocenters. The second-order valence-electron chi connectivity index (χ2n) is 3.35. The van der Waals surface area contributed by atoms with E-state index in [0.717, 1.165) is 23.6 Å². The number of carbonyl (C=O) groups excluding carboxylic acids is 1. The van der Waals surface area contributed by atoms with E-state index in [4.69, 9.17) is 11.6 Å². The van der Waals surface area contributed by atoms with Crippen LogP contribution in [0.5, 0.6) is 0 Å². The molecule has 0 unspecified atom stereocenters. The van der Waals surface area contributed by atoms with Gasteiger partial charge in [0, 0.05) is 11.1 Å². The van der Waals surface area contributed by atoms with Crippen LogP contribution in [0, 0.1) is 5.82 Å². The van der Waals surface area contributed by atoms with Crippen molar-refractivity contribution in [1.29, 1.82) is 0 Å². The molecule has 0 aliphatic carbocycles. The molecule has 0 aliphatic rings. The summed E-state index contributed by atoms with van der Waals surface area (Å²) in [5, 5.41) is 4.02. The summed E-state index contributed by atoms with van der Waals surface area (Å²) in [7, 11) is 0. The number of nitrogens with one attached hydrogen (secondary N) is 2. The third-order valence-electron chi connectivity index (χ3n) is 2.06. The molecule has 0 spiro atoms. The lowest BCUT2D eigenvalue weighted by atomic mass is 10.2. The van der Waals surface area contributed by atoms with Crippen molar-refractivity contribution in [3.8, 4) is 0 Å². The third-order valence-corrected chi connectivity index (χ3v) is 3.08. The quantitative estimate of drug-likeness (QED) is 0.841. The largest absolute Gasteiger partial charge is 0.346 e. The van der Waals surface area contributed by atoms with Crippen molar-refractivity contribution in [2.24, 2.45) is 0 Å². The van der Waals surface area contributed by atoms with Gasteiger partial charge in [0.1, 0.15) is 11.0 Å². The molecule has 2 heterocycles. The molecule has 5 nitrogen and oxygen atoms in total. The first-order valence-corrected chi connectivity index (χ1v) is 6.08. The molecule has 2 aromatic rings. The first-order chi connectivity index (χ1) is 8.56.